The Balaban J connectivity index is 2.10. The first kappa shape index (κ1) is 16.3. The van der Waals surface area contributed by atoms with E-state index >= 15 is 0 Å². The van der Waals surface area contributed by atoms with Crippen molar-refractivity contribution in [2.75, 3.05) is 13.1 Å². The van der Waals surface area contributed by atoms with E-state index in [1.807, 2.05) is 11.8 Å². The van der Waals surface area contributed by atoms with Gasteiger partial charge in [-0.1, -0.05) is 18.9 Å². The van der Waals surface area contributed by atoms with Crippen LogP contribution in [0.4, 0.5) is 0 Å². The summed E-state index contributed by atoms with van der Waals surface area (Å²) in [5, 5.41) is 0. The maximum absolute atomic E-state index is 12.5. The predicted molar refractivity (Wildman–Crippen MR) is 84.8 cm³/mol. The zero-order chi connectivity index (χ0) is 16.1. The second-order valence-electron chi connectivity index (χ2n) is 5.86. The molecule has 2 amide bonds. The molecule has 1 aliphatic heterocycles. The Hall–Kier alpha value is -2.04. The number of carbonyl (C=O) groups excluding carboxylic acids is 2. The van der Waals surface area contributed by atoms with Gasteiger partial charge < -0.3 is 15.4 Å². The number of likely N-dealkylation sites (tertiary alicyclic amines) is 1. The number of amides is 2. The van der Waals surface area contributed by atoms with Crippen LogP contribution >= 0.6 is 0 Å². The number of nitrogens with zero attached hydrogens (tertiary/aromatic N) is 1. The molecule has 1 fully saturated rings. The van der Waals surface area contributed by atoms with Gasteiger partial charge in [0.1, 0.15) is 5.75 Å². The van der Waals surface area contributed by atoms with Crippen LogP contribution < -0.4 is 10.5 Å². The summed E-state index contributed by atoms with van der Waals surface area (Å²) in [7, 11) is 0. The minimum atomic E-state index is -0.627. The van der Waals surface area contributed by atoms with Gasteiger partial charge in [-0.25, -0.2) is 0 Å². The second kappa shape index (κ2) is 7.29. The third-order valence-corrected chi connectivity index (χ3v) is 3.97. The molecule has 1 aromatic rings. The van der Waals surface area contributed by atoms with Crippen LogP contribution in [0.5, 0.6) is 5.75 Å². The Morgan fingerprint density at radius 1 is 1.18 bits per heavy atom. The van der Waals surface area contributed by atoms with Crippen LogP contribution in [0.3, 0.4) is 0 Å². The van der Waals surface area contributed by atoms with Crippen molar-refractivity contribution in [3.63, 3.8) is 0 Å². The van der Waals surface area contributed by atoms with Crippen LogP contribution in [0.2, 0.25) is 0 Å². The molecule has 0 radical (unpaired) electrons. The third kappa shape index (κ3) is 4.00. The predicted octanol–water partition coefficient (Wildman–Crippen LogP) is 2.26. The summed E-state index contributed by atoms with van der Waals surface area (Å²) in [5.41, 5.74) is 6.63. The van der Waals surface area contributed by atoms with Crippen LogP contribution in [0, 0.1) is 6.92 Å². The van der Waals surface area contributed by atoms with Gasteiger partial charge in [-0.05, 0) is 44.4 Å². The molecule has 5 heteroatoms. The first-order chi connectivity index (χ1) is 10.5. The number of primary amides is 1. The molecule has 0 aromatic heterocycles. The van der Waals surface area contributed by atoms with Crippen molar-refractivity contribution in [3.05, 3.63) is 29.3 Å². The van der Waals surface area contributed by atoms with E-state index in [4.69, 9.17) is 10.5 Å². The lowest BCUT2D eigenvalue weighted by molar-refractivity contribution is -0.137. The Kier molecular flexibility index (Phi) is 5.41. The van der Waals surface area contributed by atoms with Crippen LogP contribution in [0.1, 0.15) is 48.5 Å². The molecular formula is C17H24N2O3. The molecule has 0 spiro atoms. The number of nitrogens with two attached hydrogens (primary N) is 1. The lowest BCUT2D eigenvalue weighted by Crippen LogP contribution is -2.41. The SMILES string of the molecule is Cc1ccc(C(N)=O)c(O[C@H](C)C(=O)N2CCCCCC2)c1. The van der Waals surface area contributed by atoms with Crippen LogP contribution in [0.25, 0.3) is 0 Å². The summed E-state index contributed by atoms with van der Waals surface area (Å²) in [6.45, 7) is 5.19. The molecule has 1 heterocycles. The summed E-state index contributed by atoms with van der Waals surface area (Å²) >= 11 is 0. The molecule has 5 nitrogen and oxygen atoms in total. The molecule has 0 unspecified atom stereocenters. The lowest BCUT2D eigenvalue weighted by Gasteiger charge is -2.25. The van der Waals surface area contributed by atoms with Gasteiger partial charge in [0.15, 0.2) is 6.10 Å². The van der Waals surface area contributed by atoms with Crippen LogP contribution in [0.15, 0.2) is 18.2 Å². The first-order valence-corrected chi connectivity index (χ1v) is 7.85. The number of rotatable bonds is 4. The third-order valence-electron chi connectivity index (χ3n) is 3.97. The maximum atomic E-state index is 12.5. The van der Waals surface area contributed by atoms with Crippen molar-refractivity contribution in [2.24, 2.45) is 5.73 Å². The van der Waals surface area contributed by atoms with Crippen molar-refractivity contribution in [3.8, 4) is 5.75 Å². The molecule has 2 rings (SSSR count). The van der Waals surface area contributed by atoms with Gasteiger partial charge in [0.05, 0.1) is 5.56 Å². The second-order valence-corrected chi connectivity index (χ2v) is 5.86. The molecule has 2 N–H and O–H groups in total. The summed E-state index contributed by atoms with van der Waals surface area (Å²) in [5.74, 6) is -0.202. The number of ether oxygens (including phenoxy) is 1. The van der Waals surface area contributed by atoms with Gasteiger partial charge in [-0.15, -0.1) is 0 Å². The van der Waals surface area contributed by atoms with Gasteiger partial charge in [0.25, 0.3) is 11.8 Å². The fourth-order valence-corrected chi connectivity index (χ4v) is 2.72. The maximum Gasteiger partial charge on any atom is 0.263 e. The highest BCUT2D eigenvalue weighted by Gasteiger charge is 2.24. The summed E-state index contributed by atoms with van der Waals surface area (Å²) < 4.78 is 5.75. The fourth-order valence-electron chi connectivity index (χ4n) is 2.72. The molecule has 1 aromatic carbocycles. The summed E-state index contributed by atoms with van der Waals surface area (Å²) in [6, 6.07) is 5.18. The first-order valence-electron chi connectivity index (χ1n) is 7.85. The molecule has 0 aliphatic carbocycles. The number of hydrogen-bond acceptors (Lipinski definition) is 3. The highest BCUT2D eigenvalue weighted by molar-refractivity contribution is 5.96. The van der Waals surface area contributed by atoms with Gasteiger partial charge >= 0.3 is 0 Å². The number of carbonyl (C=O) groups is 2. The highest BCUT2D eigenvalue weighted by atomic mass is 16.5. The van der Waals surface area contributed by atoms with E-state index in [9.17, 15) is 9.59 Å². The Labute approximate surface area is 131 Å². The Morgan fingerprint density at radius 3 is 2.41 bits per heavy atom. The Bertz CT molecular complexity index is 549. The van der Waals surface area contributed by atoms with E-state index in [0.717, 1.165) is 31.5 Å². The molecular weight excluding hydrogens is 280 g/mol. The summed E-state index contributed by atoms with van der Waals surface area (Å²) in [4.78, 5) is 25.8. The minimum absolute atomic E-state index is 0.0289. The van der Waals surface area contributed by atoms with Gasteiger partial charge in [-0.3, -0.25) is 9.59 Å². The van der Waals surface area contributed by atoms with Gasteiger partial charge in [-0.2, -0.15) is 0 Å². The zero-order valence-electron chi connectivity index (χ0n) is 13.3. The monoisotopic (exact) mass is 304 g/mol. The fraction of sp³-hybridized carbons (Fsp3) is 0.529. The zero-order valence-corrected chi connectivity index (χ0v) is 13.3. The average molecular weight is 304 g/mol. The quantitative estimate of drug-likeness (QED) is 0.927. The van der Waals surface area contributed by atoms with E-state index in [0.29, 0.717) is 11.3 Å². The average Bonchev–Trinajstić information content (AvgIpc) is 2.75. The largest absolute Gasteiger partial charge is 0.480 e. The smallest absolute Gasteiger partial charge is 0.263 e. The van der Waals surface area contributed by atoms with Crippen molar-refractivity contribution >= 4 is 11.8 Å². The molecule has 120 valence electrons. The van der Waals surface area contributed by atoms with Gasteiger partial charge in [0.2, 0.25) is 0 Å². The number of aryl methyl sites for hydroxylation is 1. The van der Waals surface area contributed by atoms with Crippen molar-refractivity contribution in [2.45, 2.75) is 45.6 Å². The molecule has 1 atom stereocenters. The molecule has 1 saturated heterocycles. The molecule has 0 bridgehead atoms. The lowest BCUT2D eigenvalue weighted by atomic mass is 10.1. The topological polar surface area (TPSA) is 72.6 Å². The summed E-state index contributed by atoms with van der Waals surface area (Å²) in [6.07, 6.45) is 3.79. The van der Waals surface area contributed by atoms with E-state index in [-0.39, 0.29) is 5.91 Å². The standard InChI is InChI=1S/C17H24N2O3/c1-12-7-8-14(16(18)20)15(11-12)22-13(2)17(21)19-9-5-3-4-6-10-19/h7-8,11,13H,3-6,9-10H2,1-2H3,(H2,18,20)/t13-/m1/s1. The van der Waals surface area contributed by atoms with Crippen molar-refractivity contribution in [1.82, 2.24) is 4.90 Å². The van der Waals surface area contributed by atoms with Gasteiger partial charge in [0, 0.05) is 13.1 Å². The highest BCUT2D eigenvalue weighted by Crippen LogP contribution is 2.22. The van der Waals surface area contributed by atoms with Crippen molar-refractivity contribution in [1.29, 1.82) is 0 Å². The minimum Gasteiger partial charge on any atom is -0.480 e. The van der Waals surface area contributed by atoms with Crippen LogP contribution in [-0.4, -0.2) is 35.9 Å². The van der Waals surface area contributed by atoms with Crippen LogP contribution in [-0.2, 0) is 4.79 Å². The Morgan fingerprint density at radius 2 is 1.82 bits per heavy atom. The van der Waals surface area contributed by atoms with E-state index in [1.165, 1.54) is 12.8 Å². The van der Waals surface area contributed by atoms with E-state index in [2.05, 4.69) is 0 Å². The van der Waals surface area contributed by atoms with E-state index < -0.39 is 12.0 Å². The van der Waals surface area contributed by atoms with Crippen molar-refractivity contribution < 1.29 is 14.3 Å². The molecule has 1 aliphatic rings. The molecule has 0 saturated carbocycles. The number of benzene rings is 1. The number of hydrogen-bond donors (Lipinski definition) is 1. The van der Waals surface area contributed by atoms with E-state index in [1.54, 1.807) is 25.1 Å². The molecule has 22 heavy (non-hydrogen) atoms. The normalized spacial score (nSPS) is 16.7.